The van der Waals surface area contributed by atoms with Crippen molar-refractivity contribution in [3.63, 3.8) is 0 Å². The van der Waals surface area contributed by atoms with Crippen molar-refractivity contribution in [2.24, 2.45) is 0 Å². The summed E-state index contributed by atoms with van der Waals surface area (Å²) in [6.07, 6.45) is 1.31. The average Bonchev–Trinajstić information content (AvgIpc) is 2.65. The Kier molecular flexibility index (Phi) is 4.74. The van der Waals surface area contributed by atoms with Crippen LogP contribution >= 0.6 is 0 Å². The predicted octanol–water partition coefficient (Wildman–Crippen LogP) is 4.33. The molecule has 0 unspecified atom stereocenters. The zero-order valence-corrected chi connectivity index (χ0v) is 14.6. The van der Waals surface area contributed by atoms with Gasteiger partial charge in [0.15, 0.2) is 0 Å². The van der Waals surface area contributed by atoms with Crippen LogP contribution < -0.4 is 4.74 Å². The minimum atomic E-state index is -4.02. The van der Waals surface area contributed by atoms with Crippen LogP contribution in [0.3, 0.4) is 0 Å². The first-order valence-electron chi connectivity index (χ1n) is 7.64. The average molecular weight is 367 g/mol. The number of hydrogen-bond acceptors (Lipinski definition) is 4. The number of rotatable bonds is 4. The molecule has 0 saturated carbocycles. The van der Waals surface area contributed by atoms with E-state index in [0.717, 1.165) is 40.8 Å². The number of allylic oxidation sites excluding steroid dienone is 1. The first-order chi connectivity index (χ1) is 12.4. The van der Waals surface area contributed by atoms with E-state index in [1.807, 2.05) is 18.2 Å². The van der Waals surface area contributed by atoms with Gasteiger partial charge in [0.05, 0.1) is 12.0 Å². The molecule has 0 saturated heterocycles. The number of nitriles is 1. The fourth-order valence-electron chi connectivity index (χ4n) is 2.52. The van der Waals surface area contributed by atoms with Crippen LogP contribution in [0.25, 0.3) is 16.8 Å². The molecule has 0 amide bonds. The van der Waals surface area contributed by atoms with Crippen molar-refractivity contribution in [1.29, 1.82) is 5.26 Å². The van der Waals surface area contributed by atoms with E-state index in [2.05, 4.69) is 0 Å². The molecule has 0 aliphatic heterocycles. The Morgan fingerprint density at radius 2 is 1.69 bits per heavy atom. The van der Waals surface area contributed by atoms with Crippen LogP contribution in [0.5, 0.6) is 5.75 Å². The highest BCUT2D eigenvalue weighted by atomic mass is 32.2. The number of hydrogen-bond donors (Lipinski definition) is 0. The normalized spacial score (nSPS) is 12.0. The summed E-state index contributed by atoms with van der Waals surface area (Å²) >= 11 is 0. The fraction of sp³-hybridized carbons (Fsp3) is 0.0500. The Hall–Kier alpha value is -3.17. The molecule has 0 N–H and O–H groups in total. The van der Waals surface area contributed by atoms with E-state index in [0.29, 0.717) is 5.56 Å². The topological polar surface area (TPSA) is 67.2 Å². The van der Waals surface area contributed by atoms with Crippen molar-refractivity contribution >= 4 is 26.7 Å². The molecule has 4 nitrogen and oxygen atoms in total. The Balaban J connectivity index is 2.05. The fourth-order valence-corrected chi connectivity index (χ4v) is 3.68. The van der Waals surface area contributed by atoms with Crippen LogP contribution in [-0.2, 0) is 9.84 Å². The molecule has 3 rings (SSSR count). The minimum absolute atomic E-state index is 0.128. The number of halogens is 1. The number of sulfone groups is 1. The van der Waals surface area contributed by atoms with Crippen molar-refractivity contribution in [3.8, 4) is 11.8 Å². The van der Waals surface area contributed by atoms with E-state index < -0.39 is 20.6 Å². The van der Waals surface area contributed by atoms with E-state index >= 15 is 0 Å². The lowest BCUT2D eigenvalue weighted by molar-refractivity contribution is 0.415. The van der Waals surface area contributed by atoms with Gasteiger partial charge in [-0.05, 0) is 64.9 Å². The molecule has 3 aromatic rings. The second kappa shape index (κ2) is 6.98. The Morgan fingerprint density at radius 1 is 1.04 bits per heavy atom. The van der Waals surface area contributed by atoms with E-state index in [-0.39, 0.29) is 4.90 Å². The summed E-state index contributed by atoms with van der Waals surface area (Å²) in [7, 11) is -2.44. The van der Waals surface area contributed by atoms with Crippen LogP contribution in [0, 0.1) is 17.1 Å². The Labute approximate surface area is 150 Å². The maximum absolute atomic E-state index is 13.0. The highest BCUT2D eigenvalue weighted by Crippen LogP contribution is 2.25. The maximum Gasteiger partial charge on any atom is 0.216 e. The predicted molar refractivity (Wildman–Crippen MR) is 97.7 cm³/mol. The largest absolute Gasteiger partial charge is 0.497 e. The first kappa shape index (κ1) is 17.6. The van der Waals surface area contributed by atoms with Gasteiger partial charge in [-0.3, -0.25) is 0 Å². The third kappa shape index (κ3) is 3.44. The second-order valence-corrected chi connectivity index (χ2v) is 7.47. The first-order valence-corrected chi connectivity index (χ1v) is 9.12. The molecule has 0 aliphatic carbocycles. The van der Waals surface area contributed by atoms with E-state index in [9.17, 15) is 18.1 Å². The minimum Gasteiger partial charge on any atom is -0.497 e. The van der Waals surface area contributed by atoms with Gasteiger partial charge in [0.2, 0.25) is 9.84 Å². The summed E-state index contributed by atoms with van der Waals surface area (Å²) in [5.74, 6) is 0.175. The van der Waals surface area contributed by atoms with Gasteiger partial charge in [0.1, 0.15) is 22.5 Å². The lowest BCUT2D eigenvalue weighted by atomic mass is 10.1. The Bertz CT molecular complexity index is 1140. The summed E-state index contributed by atoms with van der Waals surface area (Å²) in [4.78, 5) is -0.533. The standard InChI is InChI=1S/C20H14FNO3S/c1-25-18-7-4-15-10-14(2-3-16(15)12-18)11-20(13-22)26(23,24)19-8-5-17(21)6-9-19/h2-12H,1H3. The van der Waals surface area contributed by atoms with Gasteiger partial charge in [-0.25, -0.2) is 12.8 Å². The van der Waals surface area contributed by atoms with Crippen LogP contribution in [0.4, 0.5) is 4.39 Å². The van der Waals surface area contributed by atoms with Gasteiger partial charge >= 0.3 is 0 Å². The number of benzene rings is 3. The molecule has 0 bridgehead atoms. The van der Waals surface area contributed by atoms with Crippen LogP contribution in [0.2, 0.25) is 0 Å². The maximum atomic E-state index is 13.0. The van der Waals surface area contributed by atoms with Gasteiger partial charge in [0.25, 0.3) is 0 Å². The molecule has 0 heterocycles. The third-order valence-corrected chi connectivity index (χ3v) is 5.57. The van der Waals surface area contributed by atoms with Crippen molar-refractivity contribution in [3.05, 3.63) is 76.9 Å². The molecule has 130 valence electrons. The summed E-state index contributed by atoms with van der Waals surface area (Å²) in [6.45, 7) is 0. The van der Waals surface area contributed by atoms with Crippen molar-refractivity contribution < 1.29 is 17.5 Å². The number of methoxy groups -OCH3 is 1. The zero-order chi connectivity index (χ0) is 18.7. The quantitative estimate of drug-likeness (QED) is 0.509. The number of ether oxygens (including phenoxy) is 1. The van der Waals surface area contributed by atoms with Crippen molar-refractivity contribution in [2.75, 3.05) is 7.11 Å². The van der Waals surface area contributed by atoms with Crippen LogP contribution in [-0.4, -0.2) is 15.5 Å². The molecule has 26 heavy (non-hydrogen) atoms. The highest BCUT2D eigenvalue weighted by Gasteiger charge is 2.20. The lowest BCUT2D eigenvalue weighted by Gasteiger charge is -2.05. The molecular formula is C20H14FNO3S. The lowest BCUT2D eigenvalue weighted by Crippen LogP contribution is -2.03. The summed E-state index contributed by atoms with van der Waals surface area (Å²) < 4.78 is 43.4. The molecule has 0 atom stereocenters. The smallest absolute Gasteiger partial charge is 0.216 e. The molecule has 3 aromatic carbocycles. The summed E-state index contributed by atoms with van der Waals surface area (Å²) in [5.41, 5.74) is 0.574. The van der Waals surface area contributed by atoms with Crippen molar-refractivity contribution in [2.45, 2.75) is 4.90 Å². The Morgan fingerprint density at radius 3 is 2.35 bits per heavy atom. The molecular weight excluding hydrogens is 353 g/mol. The van der Waals surface area contributed by atoms with Crippen molar-refractivity contribution in [1.82, 2.24) is 0 Å². The molecule has 0 spiro atoms. The van der Waals surface area contributed by atoms with E-state index in [1.54, 1.807) is 31.4 Å². The second-order valence-electron chi connectivity index (χ2n) is 5.55. The molecule has 0 radical (unpaired) electrons. The van der Waals surface area contributed by atoms with Gasteiger partial charge < -0.3 is 4.74 Å². The van der Waals surface area contributed by atoms with Gasteiger partial charge in [-0.1, -0.05) is 18.2 Å². The number of nitrogens with zero attached hydrogens (tertiary/aromatic N) is 1. The third-order valence-electron chi connectivity index (χ3n) is 3.89. The van der Waals surface area contributed by atoms with Gasteiger partial charge in [-0.2, -0.15) is 5.26 Å². The van der Waals surface area contributed by atoms with E-state index in [4.69, 9.17) is 4.74 Å². The number of fused-ring (bicyclic) bond motifs is 1. The monoisotopic (exact) mass is 367 g/mol. The highest BCUT2D eigenvalue weighted by molar-refractivity contribution is 7.95. The molecule has 0 aromatic heterocycles. The van der Waals surface area contributed by atoms with Gasteiger partial charge in [-0.15, -0.1) is 0 Å². The molecule has 6 heteroatoms. The summed E-state index contributed by atoms with van der Waals surface area (Å²) in [5, 5.41) is 11.1. The van der Waals surface area contributed by atoms with Crippen LogP contribution in [0.1, 0.15) is 5.56 Å². The summed E-state index contributed by atoms with van der Waals surface area (Å²) in [6, 6.07) is 17.0. The SMILES string of the molecule is COc1ccc2cc(C=C(C#N)S(=O)(=O)c3ccc(F)cc3)ccc2c1. The molecule has 0 aliphatic rings. The zero-order valence-electron chi connectivity index (χ0n) is 13.8. The van der Waals surface area contributed by atoms with Crippen LogP contribution in [0.15, 0.2) is 70.5 Å². The van der Waals surface area contributed by atoms with Gasteiger partial charge in [0, 0.05) is 0 Å². The molecule has 0 fully saturated rings. The van der Waals surface area contributed by atoms with E-state index in [1.165, 1.54) is 6.08 Å².